The molecule has 7 rings (SSSR count). The first-order valence-corrected chi connectivity index (χ1v) is 12.6. The van der Waals surface area contributed by atoms with Crippen molar-refractivity contribution in [2.75, 3.05) is 0 Å². The molecule has 7 aromatic rings. The molecule has 9 nitrogen and oxygen atoms in total. The number of nitrogens with zero attached hydrogens (tertiary/aromatic N) is 6. The zero-order valence-corrected chi connectivity index (χ0v) is 20.8. The average Bonchev–Trinajstić information content (AvgIpc) is 3.62. The second kappa shape index (κ2) is 9.55. The van der Waals surface area contributed by atoms with Crippen LogP contribution in [0.5, 0.6) is 0 Å². The van der Waals surface area contributed by atoms with Crippen molar-refractivity contribution in [2.45, 2.75) is 12.5 Å². The van der Waals surface area contributed by atoms with Gasteiger partial charge in [0.15, 0.2) is 5.82 Å². The molecule has 4 N–H and O–H groups in total. The van der Waals surface area contributed by atoms with Gasteiger partial charge in [-0.1, -0.05) is 36.4 Å². The topological polar surface area (TPSA) is 135 Å². The van der Waals surface area contributed by atoms with Crippen molar-refractivity contribution < 1.29 is 0 Å². The number of imidazole rings is 1. The summed E-state index contributed by atoms with van der Waals surface area (Å²) in [6, 6.07) is 18.0. The molecule has 0 aliphatic rings. The van der Waals surface area contributed by atoms with Crippen LogP contribution in [-0.4, -0.2) is 40.1 Å². The predicted molar refractivity (Wildman–Crippen MR) is 150 cm³/mol. The molecule has 0 bridgehead atoms. The zero-order valence-electron chi connectivity index (χ0n) is 20.8. The third-order valence-electron chi connectivity index (χ3n) is 6.82. The van der Waals surface area contributed by atoms with Gasteiger partial charge in [-0.25, -0.2) is 4.98 Å². The van der Waals surface area contributed by atoms with Crippen molar-refractivity contribution in [3.8, 4) is 33.9 Å². The molecule has 6 heterocycles. The number of H-pyrrole nitrogens is 2. The summed E-state index contributed by atoms with van der Waals surface area (Å²) >= 11 is 0. The van der Waals surface area contributed by atoms with E-state index in [-0.39, 0.29) is 6.04 Å². The van der Waals surface area contributed by atoms with E-state index in [0.717, 1.165) is 56.3 Å². The van der Waals surface area contributed by atoms with E-state index in [1.54, 1.807) is 37.2 Å². The van der Waals surface area contributed by atoms with Crippen LogP contribution >= 0.6 is 0 Å². The molecule has 9 heteroatoms. The lowest BCUT2D eigenvalue weighted by Gasteiger charge is -2.13. The van der Waals surface area contributed by atoms with E-state index in [4.69, 9.17) is 10.7 Å². The SMILES string of the molecule is NC(Cc1ccccc1)c1cncc(-c2cc3c(-c4nc5c(-c6cccnc6)cncc5[nH]4)n[nH]c3cn2)c1. The highest BCUT2D eigenvalue weighted by Crippen LogP contribution is 2.32. The number of fused-ring (bicyclic) bond motifs is 2. The van der Waals surface area contributed by atoms with Crippen LogP contribution in [0, 0.1) is 0 Å². The zero-order chi connectivity index (χ0) is 26.2. The Labute approximate surface area is 223 Å². The van der Waals surface area contributed by atoms with E-state index in [1.165, 1.54) is 5.56 Å². The summed E-state index contributed by atoms with van der Waals surface area (Å²) in [6.07, 6.45) is 13.3. The quantitative estimate of drug-likeness (QED) is 0.278. The lowest BCUT2D eigenvalue weighted by Crippen LogP contribution is -2.13. The van der Waals surface area contributed by atoms with Gasteiger partial charge in [0.2, 0.25) is 0 Å². The third-order valence-corrected chi connectivity index (χ3v) is 6.82. The Morgan fingerprint density at radius 1 is 0.795 bits per heavy atom. The highest BCUT2D eigenvalue weighted by atomic mass is 15.1. The molecule has 0 spiro atoms. The molecule has 0 aliphatic carbocycles. The van der Waals surface area contributed by atoms with Gasteiger partial charge in [-0.05, 0) is 35.7 Å². The Morgan fingerprint density at radius 2 is 1.67 bits per heavy atom. The molecule has 0 radical (unpaired) electrons. The van der Waals surface area contributed by atoms with Crippen LogP contribution in [0.2, 0.25) is 0 Å². The summed E-state index contributed by atoms with van der Waals surface area (Å²) in [5.41, 5.74) is 15.3. The van der Waals surface area contributed by atoms with Gasteiger partial charge in [-0.15, -0.1) is 0 Å². The van der Waals surface area contributed by atoms with E-state index < -0.39 is 0 Å². The minimum Gasteiger partial charge on any atom is -0.335 e. The fourth-order valence-corrected chi connectivity index (χ4v) is 4.82. The molecule has 0 amide bonds. The number of nitrogens with one attached hydrogen (secondary N) is 2. The standard InChI is InChI=1S/C30H23N9/c31-24(9-18-5-2-1-3-6-18)20-10-21(14-33-13-20)25-11-22-26(17-35-25)38-39-29(22)30-36-27-16-34-15-23(28(27)37-30)19-7-4-8-32-12-19/h1-8,10-17,24H,9,31H2,(H,36,37)(H,38,39). The van der Waals surface area contributed by atoms with Crippen LogP contribution in [0.3, 0.4) is 0 Å². The molecule has 1 unspecified atom stereocenters. The first-order valence-electron chi connectivity index (χ1n) is 12.6. The average molecular weight is 510 g/mol. The maximum atomic E-state index is 6.54. The van der Waals surface area contributed by atoms with Crippen molar-refractivity contribution in [3.05, 3.63) is 109 Å². The number of pyridine rings is 4. The largest absolute Gasteiger partial charge is 0.335 e. The molecule has 0 saturated heterocycles. The van der Waals surface area contributed by atoms with Crippen LogP contribution in [0.4, 0.5) is 0 Å². The normalized spacial score (nSPS) is 12.2. The molecule has 6 aromatic heterocycles. The van der Waals surface area contributed by atoms with Crippen molar-refractivity contribution in [1.82, 2.24) is 40.1 Å². The van der Waals surface area contributed by atoms with Crippen molar-refractivity contribution in [1.29, 1.82) is 0 Å². The van der Waals surface area contributed by atoms with Gasteiger partial charge >= 0.3 is 0 Å². The summed E-state index contributed by atoms with van der Waals surface area (Å²) in [5, 5.41) is 8.54. The Hall–Kier alpha value is -5.28. The minimum absolute atomic E-state index is 0.175. The van der Waals surface area contributed by atoms with Gasteiger partial charge in [-0.2, -0.15) is 5.10 Å². The summed E-state index contributed by atoms with van der Waals surface area (Å²) in [7, 11) is 0. The van der Waals surface area contributed by atoms with Crippen LogP contribution in [0.15, 0.2) is 98.0 Å². The lowest BCUT2D eigenvalue weighted by atomic mass is 9.99. The summed E-state index contributed by atoms with van der Waals surface area (Å²) < 4.78 is 0. The number of aromatic amines is 2. The van der Waals surface area contributed by atoms with Gasteiger partial charge in [-0.3, -0.25) is 25.0 Å². The molecule has 1 atom stereocenters. The Kier molecular flexibility index (Phi) is 5.60. The smallest absolute Gasteiger partial charge is 0.159 e. The third kappa shape index (κ3) is 4.30. The Bertz CT molecular complexity index is 1910. The minimum atomic E-state index is -0.175. The molecule has 1 aromatic carbocycles. The van der Waals surface area contributed by atoms with Crippen LogP contribution in [0.25, 0.3) is 55.8 Å². The summed E-state index contributed by atoms with van der Waals surface area (Å²) in [6.45, 7) is 0. The monoisotopic (exact) mass is 509 g/mol. The Morgan fingerprint density at radius 3 is 2.54 bits per heavy atom. The fraction of sp³-hybridized carbons (Fsp3) is 0.0667. The van der Waals surface area contributed by atoms with Crippen molar-refractivity contribution in [3.63, 3.8) is 0 Å². The first-order chi connectivity index (χ1) is 19.2. The highest BCUT2D eigenvalue weighted by Gasteiger charge is 2.17. The summed E-state index contributed by atoms with van der Waals surface area (Å²) in [5.74, 6) is 0.642. The Balaban J connectivity index is 1.25. The predicted octanol–water partition coefficient (Wildman–Crippen LogP) is 5.26. The summed E-state index contributed by atoms with van der Waals surface area (Å²) in [4.78, 5) is 26.1. The number of hydrogen-bond donors (Lipinski definition) is 3. The van der Waals surface area contributed by atoms with E-state index >= 15 is 0 Å². The maximum absolute atomic E-state index is 6.54. The van der Waals surface area contributed by atoms with Gasteiger partial charge in [0.05, 0.1) is 29.1 Å². The van der Waals surface area contributed by atoms with Gasteiger partial charge in [0, 0.05) is 59.1 Å². The number of hydrogen-bond acceptors (Lipinski definition) is 7. The van der Waals surface area contributed by atoms with Gasteiger partial charge in [0.25, 0.3) is 0 Å². The van der Waals surface area contributed by atoms with Gasteiger partial charge < -0.3 is 10.7 Å². The van der Waals surface area contributed by atoms with Crippen LogP contribution in [0.1, 0.15) is 17.2 Å². The van der Waals surface area contributed by atoms with Gasteiger partial charge in [0.1, 0.15) is 11.2 Å². The van der Waals surface area contributed by atoms with Crippen molar-refractivity contribution >= 4 is 21.9 Å². The first kappa shape index (κ1) is 22.9. The molecule has 0 aliphatic heterocycles. The fourth-order valence-electron chi connectivity index (χ4n) is 4.82. The molecule has 39 heavy (non-hydrogen) atoms. The van der Waals surface area contributed by atoms with Crippen LogP contribution < -0.4 is 5.73 Å². The second-order valence-electron chi connectivity index (χ2n) is 9.40. The van der Waals surface area contributed by atoms with E-state index in [2.05, 4.69) is 53.3 Å². The second-order valence-corrected chi connectivity index (χ2v) is 9.40. The van der Waals surface area contributed by atoms with Crippen molar-refractivity contribution in [2.24, 2.45) is 5.73 Å². The number of nitrogens with two attached hydrogens (primary N) is 1. The number of benzene rings is 1. The van der Waals surface area contributed by atoms with E-state index in [1.807, 2.05) is 42.6 Å². The van der Waals surface area contributed by atoms with Crippen LogP contribution in [-0.2, 0) is 6.42 Å². The molecular weight excluding hydrogens is 486 g/mol. The maximum Gasteiger partial charge on any atom is 0.159 e. The molecule has 0 saturated carbocycles. The number of rotatable bonds is 6. The highest BCUT2D eigenvalue weighted by molar-refractivity contribution is 5.97. The number of aromatic nitrogens is 8. The van der Waals surface area contributed by atoms with E-state index in [9.17, 15) is 0 Å². The lowest BCUT2D eigenvalue weighted by molar-refractivity contribution is 0.718. The molecule has 188 valence electrons. The molecular formula is C30H23N9. The van der Waals surface area contributed by atoms with E-state index in [0.29, 0.717) is 11.5 Å². The molecule has 0 fully saturated rings.